The molecule has 2 heterocycles. The molecule has 2 aromatic rings. The summed E-state index contributed by atoms with van der Waals surface area (Å²) >= 11 is 0. The molecule has 0 atom stereocenters. The zero-order valence-corrected chi connectivity index (χ0v) is 7.31. The molecule has 14 heavy (non-hydrogen) atoms. The average molecular weight is 193 g/mol. The molecular formula is C8H7N3O3. The number of fused-ring (bicyclic) bond motifs is 1. The van der Waals surface area contributed by atoms with Crippen molar-refractivity contribution in [3.05, 3.63) is 17.8 Å². The van der Waals surface area contributed by atoms with Gasteiger partial charge in [-0.25, -0.2) is 9.78 Å². The molecule has 6 heteroatoms. The van der Waals surface area contributed by atoms with Crippen molar-refractivity contribution in [3.63, 3.8) is 0 Å². The van der Waals surface area contributed by atoms with Crippen molar-refractivity contribution < 1.29 is 14.6 Å². The van der Waals surface area contributed by atoms with Crippen molar-refractivity contribution in [1.82, 2.24) is 15.0 Å². The van der Waals surface area contributed by atoms with Crippen molar-refractivity contribution in [3.8, 4) is 6.01 Å². The minimum absolute atomic E-state index is 0.115. The van der Waals surface area contributed by atoms with Gasteiger partial charge in [-0.2, -0.15) is 4.98 Å². The van der Waals surface area contributed by atoms with Crippen molar-refractivity contribution >= 4 is 17.1 Å². The van der Waals surface area contributed by atoms with Crippen molar-refractivity contribution in [2.24, 2.45) is 0 Å². The number of nitrogens with one attached hydrogen (secondary N) is 1. The SMILES string of the molecule is COc1nc2ncc(C(=O)O)cc2[nH]1. The van der Waals surface area contributed by atoms with Gasteiger partial charge in [0.25, 0.3) is 6.01 Å². The number of carbonyl (C=O) groups is 1. The Morgan fingerprint density at radius 1 is 1.64 bits per heavy atom. The normalized spacial score (nSPS) is 10.4. The zero-order chi connectivity index (χ0) is 10.1. The number of aromatic carboxylic acids is 1. The lowest BCUT2D eigenvalue weighted by Crippen LogP contribution is -1.96. The fourth-order valence-corrected chi connectivity index (χ4v) is 1.09. The van der Waals surface area contributed by atoms with Gasteiger partial charge in [0.05, 0.1) is 18.2 Å². The van der Waals surface area contributed by atoms with E-state index in [1.165, 1.54) is 19.4 Å². The maximum absolute atomic E-state index is 10.6. The van der Waals surface area contributed by atoms with Crippen LogP contribution in [0.4, 0.5) is 0 Å². The molecule has 0 aliphatic rings. The molecular weight excluding hydrogens is 186 g/mol. The third kappa shape index (κ3) is 1.26. The molecule has 0 saturated carbocycles. The highest BCUT2D eigenvalue weighted by atomic mass is 16.5. The molecule has 0 radical (unpaired) electrons. The second-order valence-corrected chi connectivity index (χ2v) is 2.65. The van der Waals surface area contributed by atoms with Gasteiger partial charge in [-0.15, -0.1) is 0 Å². The summed E-state index contributed by atoms with van der Waals surface area (Å²) in [7, 11) is 1.47. The van der Waals surface area contributed by atoms with Crippen LogP contribution in [-0.2, 0) is 0 Å². The first-order valence-corrected chi connectivity index (χ1v) is 3.84. The predicted molar refractivity (Wildman–Crippen MR) is 47.4 cm³/mol. The van der Waals surface area contributed by atoms with E-state index in [-0.39, 0.29) is 5.56 Å². The van der Waals surface area contributed by atoms with Crippen molar-refractivity contribution in [2.75, 3.05) is 7.11 Å². The highest BCUT2D eigenvalue weighted by Crippen LogP contribution is 2.14. The first-order valence-electron chi connectivity index (χ1n) is 3.84. The van der Waals surface area contributed by atoms with E-state index in [0.29, 0.717) is 17.2 Å². The molecule has 0 bridgehead atoms. The van der Waals surface area contributed by atoms with E-state index in [1.54, 1.807) is 0 Å². The molecule has 0 fully saturated rings. The van der Waals surface area contributed by atoms with Crippen molar-refractivity contribution in [1.29, 1.82) is 0 Å². The third-order valence-electron chi connectivity index (χ3n) is 1.76. The molecule has 0 aromatic carbocycles. The standard InChI is InChI=1S/C8H7N3O3/c1-14-8-10-5-2-4(7(12)13)3-9-6(5)11-8/h2-3H,1H3,(H,12,13)(H,9,10,11). The molecule has 6 nitrogen and oxygen atoms in total. The summed E-state index contributed by atoms with van der Waals surface area (Å²) in [6.07, 6.45) is 1.25. The number of methoxy groups -OCH3 is 1. The quantitative estimate of drug-likeness (QED) is 0.731. The van der Waals surface area contributed by atoms with Gasteiger partial charge in [-0.3, -0.25) is 0 Å². The summed E-state index contributed by atoms with van der Waals surface area (Å²) in [6.45, 7) is 0. The number of H-pyrrole nitrogens is 1. The molecule has 0 aliphatic carbocycles. The maximum Gasteiger partial charge on any atom is 0.337 e. The van der Waals surface area contributed by atoms with E-state index in [4.69, 9.17) is 9.84 Å². The molecule has 2 aromatic heterocycles. The number of carboxylic acids is 1. The Bertz CT molecular complexity index is 492. The Morgan fingerprint density at radius 2 is 2.43 bits per heavy atom. The second kappa shape index (κ2) is 2.99. The van der Waals surface area contributed by atoms with E-state index in [2.05, 4.69) is 15.0 Å². The molecule has 0 spiro atoms. The van der Waals surface area contributed by atoms with Crippen LogP contribution in [0.1, 0.15) is 10.4 Å². The number of nitrogens with zero attached hydrogens (tertiary/aromatic N) is 2. The van der Waals surface area contributed by atoms with Gasteiger partial charge in [0.1, 0.15) is 0 Å². The summed E-state index contributed by atoms with van der Waals surface area (Å²) in [5.41, 5.74) is 1.09. The number of rotatable bonds is 2. The molecule has 0 aliphatic heterocycles. The largest absolute Gasteiger partial charge is 0.478 e. The summed E-state index contributed by atoms with van der Waals surface area (Å²) in [5.74, 6) is -1.02. The van der Waals surface area contributed by atoms with Gasteiger partial charge in [0, 0.05) is 6.20 Å². The van der Waals surface area contributed by atoms with E-state index in [9.17, 15) is 4.79 Å². The number of ether oxygens (including phenoxy) is 1. The van der Waals surface area contributed by atoms with Crippen LogP contribution >= 0.6 is 0 Å². The van der Waals surface area contributed by atoms with Crippen LogP contribution in [0.2, 0.25) is 0 Å². The van der Waals surface area contributed by atoms with Gasteiger partial charge >= 0.3 is 5.97 Å². The summed E-state index contributed by atoms with van der Waals surface area (Å²) in [5, 5.41) is 8.70. The molecule has 0 unspecified atom stereocenters. The molecule has 0 saturated heterocycles. The lowest BCUT2D eigenvalue weighted by molar-refractivity contribution is 0.0696. The maximum atomic E-state index is 10.6. The topological polar surface area (TPSA) is 88.1 Å². The average Bonchev–Trinajstić information content (AvgIpc) is 2.58. The lowest BCUT2D eigenvalue weighted by Gasteiger charge is -1.91. The van der Waals surface area contributed by atoms with Crippen LogP contribution in [0.15, 0.2) is 12.3 Å². The molecule has 72 valence electrons. The van der Waals surface area contributed by atoms with Gasteiger partial charge in [0.15, 0.2) is 5.65 Å². The number of aromatic nitrogens is 3. The zero-order valence-electron chi connectivity index (χ0n) is 7.31. The summed E-state index contributed by atoms with van der Waals surface area (Å²) in [6, 6.07) is 1.77. The third-order valence-corrected chi connectivity index (χ3v) is 1.76. The van der Waals surface area contributed by atoms with Gasteiger partial charge in [-0.1, -0.05) is 0 Å². The number of pyridine rings is 1. The number of carboxylic acid groups (broad SMARTS) is 1. The lowest BCUT2D eigenvalue weighted by atomic mass is 10.3. The van der Waals surface area contributed by atoms with Crippen LogP contribution in [0.25, 0.3) is 11.2 Å². The van der Waals surface area contributed by atoms with E-state index >= 15 is 0 Å². The number of aromatic amines is 1. The van der Waals surface area contributed by atoms with E-state index in [1.807, 2.05) is 0 Å². The molecule has 2 rings (SSSR count). The van der Waals surface area contributed by atoms with Crippen LogP contribution in [0.3, 0.4) is 0 Å². The Balaban J connectivity index is 2.59. The summed E-state index contributed by atoms with van der Waals surface area (Å²) in [4.78, 5) is 21.2. The van der Waals surface area contributed by atoms with Crippen molar-refractivity contribution in [2.45, 2.75) is 0 Å². The number of hydrogen-bond acceptors (Lipinski definition) is 4. The Morgan fingerprint density at radius 3 is 3.07 bits per heavy atom. The van der Waals surface area contributed by atoms with E-state index < -0.39 is 5.97 Å². The number of hydrogen-bond donors (Lipinski definition) is 2. The highest BCUT2D eigenvalue weighted by Gasteiger charge is 2.08. The second-order valence-electron chi connectivity index (χ2n) is 2.65. The first-order chi connectivity index (χ1) is 6.70. The Labute approximate surface area is 78.6 Å². The van der Waals surface area contributed by atoms with Gasteiger partial charge in [-0.05, 0) is 6.07 Å². The fraction of sp³-hybridized carbons (Fsp3) is 0.125. The highest BCUT2D eigenvalue weighted by molar-refractivity contribution is 5.90. The van der Waals surface area contributed by atoms with E-state index in [0.717, 1.165) is 0 Å². The minimum Gasteiger partial charge on any atom is -0.478 e. The van der Waals surface area contributed by atoms with Gasteiger partial charge in [0.2, 0.25) is 0 Å². The van der Waals surface area contributed by atoms with Crippen LogP contribution in [-0.4, -0.2) is 33.1 Å². The van der Waals surface area contributed by atoms with Crippen LogP contribution < -0.4 is 4.74 Å². The van der Waals surface area contributed by atoms with Crippen LogP contribution in [0.5, 0.6) is 6.01 Å². The monoisotopic (exact) mass is 193 g/mol. The molecule has 2 N–H and O–H groups in total. The molecule has 0 amide bonds. The minimum atomic E-state index is -1.02. The summed E-state index contributed by atoms with van der Waals surface area (Å²) < 4.78 is 4.85. The number of imidazole rings is 1. The Kier molecular flexibility index (Phi) is 1.81. The van der Waals surface area contributed by atoms with Crippen LogP contribution in [0, 0.1) is 0 Å². The Hall–Kier alpha value is -2.11. The van der Waals surface area contributed by atoms with Gasteiger partial charge < -0.3 is 14.8 Å². The first kappa shape index (κ1) is 8.49. The fourth-order valence-electron chi connectivity index (χ4n) is 1.09. The smallest absolute Gasteiger partial charge is 0.337 e. The predicted octanol–water partition coefficient (Wildman–Crippen LogP) is 0.665.